The molecule has 8 heteroatoms. The Morgan fingerprint density at radius 3 is 2.59 bits per heavy atom. The Labute approximate surface area is 109 Å². The minimum absolute atomic E-state index is 0.0669. The van der Waals surface area contributed by atoms with Crippen LogP contribution < -0.4 is 0 Å². The van der Waals surface area contributed by atoms with Gasteiger partial charge in [0.2, 0.25) is 0 Å². The van der Waals surface area contributed by atoms with E-state index in [9.17, 15) is 13.2 Å². The number of nitrogens with zero attached hydrogens (tertiary/aromatic N) is 1. The number of hydrogen-bond acceptors (Lipinski definition) is 4. The molecule has 0 radical (unpaired) electrons. The third kappa shape index (κ3) is 3.67. The van der Waals surface area contributed by atoms with Gasteiger partial charge in [-0.25, -0.2) is 8.42 Å². The zero-order chi connectivity index (χ0) is 13.1. The van der Waals surface area contributed by atoms with E-state index in [0.29, 0.717) is 10.8 Å². The third-order valence-electron chi connectivity index (χ3n) is 1.93. The van der Waals surface area contributed by atoms with Crippen molar-refractivity contribution in [1.82, 2.24) is 4.31 Å². The van der Waals surface area contributed by atoms with Crippen LogP contribution >= 0.6 is 22.9 Å². The molecule has 0 unspecified atom stereocenters. The Morgan fingerprint density at radius 1 is 1.53 bits per heavy atom. The lowest BCUT2D eigenvalue weighted by Gasteiger charge is -2.18. The van der Waals surface area contributed by atoms with Gasteiger partial charge in [-0.1, -0.05) is 18.5 Å². The Balaban J connectivity index is 3.03. The fourth-order valence-corrected chi connectivity index (χ4v) is 4.37. The molecule has 1 heterocycles. The Morgan fingerprint density at radius 2 is 2.18 bits per heavy atom. The van der Waals surface area contributed by atoms with Gasteiger partial charge in [-0.15, -0.1) is 11.3 Å². The molecule has 1 rings (SSSR count). The van der Waals surface area contributed by atoms with Crippen LogP contribution in [0.15, 0.2) is 16.3 Å². The summed E-state index contributed by atoms with van der Waals surface area (Å²) in [5.41, 5.74) is 0. The average Bonchev–Trinajstić information content (AvgIpc) is 2.64. The van der Waals surface area contributed by atoms with Gasteiger partial charge in [0.25, 0.3) is 10.0 Å². The van der Waals surface area contributed by atoms with Gasteiger partial charge >= 0.3 is 5.97 Å². The maximum absolute atomic E-state index is 12.1. The first-order chi connectivity index (χ1) is 7.87. The molecule has 0 aliphatic rings. The van der Waals surface area contributed by atoms with Gasteiger partial charge in [0.1, 0.15) is 10.8 Å². The predicted octanol–water partition coefficient (Wildman–Crippen LogP) is 1.89. The van der Waals surface area contributed by atoms with Gasteiger partial charge in [0, 0.05) is 6.54 Å². The summed E-state index contributed by atoms with van der Waals surface area (Å²) in [5, 5.41) is 8.70. The van der Waals surface area contributed by atoms with E-state index in [0.717, 1.165) is 15.6 Å². The van der Waals surface area contributed by atoms with Gasteiger partial charge in [-0.05, 0) is 18.6 Å². The molecule has 5 nitrogen and oxygen atoms in total. The van der Waals surface area contributed by atoms with Crippen LogP contribution in [0.25, 0.3) is 0 Å². The largest absolute Gasteiger partial charge is 0.480 e. The Kier molecular flexibility index (Phi) is 4.93. The first-order valence-corrected chi connectivity index (χ1v) is 7.48. The average molecular weight is 298 g/mol. The second-order valence-electron chi connectivity index (χ2n) is 3.29. The van der Waals surface area contributed by atoms with Crippen LogP contribution in [-0.4, -0.2) is 36.9 Å². The monoisotopic (exact) mass is 297 g/mol. The third-order valence-corrected chi connectivity index (χ3v) is 5.47. The lowest BCUT2D eigenvalue weighted by molar-refractivity contribution is -0.137. The summed E-state index contributed by atoms with van der Waals surface area (Å²) in [6, 6.07) is 2.86. The molecule has 0 amide bonds. The summed E-state index contributed by atoms with van der Waals surface area (Å²) in [4.78, 5) is 10.6. The number of sulfonamides is 1. The molecule has 17 heavy (non-hydrogen) atoms. The minimum Gasteiger partial charge on any atom is -0.480 e. The van der Waals surface area contributed by atoms with Crippen LogP contribution in [-0.2, 0) is 14.8 Å². The summed E-state index contributed by atoms with van der Waals surface area (Å²) in [6.07, 6.45) is 0.547. The van der Waals surface area contributed by atoms with E-state index in [1.807, 2.05) is 0 Å². The SMILES string of the molecule is CCCN(CC(=O)O)S(=O)(=O)c1ccc(Cl)s1. The van der Waals surface area contributed by atoms with Crippen molar-refractivity contribution in [2.24, 2.45) is 0 Å². The number of rotatable bonds is 6. The topological polar surface area (TPSA) is 74.7 Å². The minimum atomic E-state index is -3.75. The van der Waals surface area contributed by atoms with E-state index < -0.39 is 22.5 Å². The fraction of sp³-hybridized carbons (Fsp3) is 0.444. The van der Waals surface area contributed by atoms with Crippen LogP contribution in [0.2, 0.25) is 4.34 Å². The fourth-order valence-electron chi connectivity index (χ4n) is 1.25. The lowest BCUT2D eigenvalue weighted by Crippen LogP contribution is -2.35. The molecule has 1 aromatic rings. The molecular weight excluding hydrogens is 286 g/mol. The molecule has 0 atom stereocenters. The smallest absolute Gasteiger partial charge is 0.318 e. The molecule has 0 aliphatic heterocycles. The second kappa shape index (κ2) is 5.81. The highest BCUT2D eigenvalue weighted by molar-refractivity contribution is 7.91. The molecule has 96 valence electrons. The number of thiophene rings is 1. The maximum Gasteiger partial charge on any atom is 0.318 e. The van der Waals surface area contributed by atoms with Gasteiger partial charge in [-0.2, -0.15) is 4.31 Å². The van der Waals surface area contributed by atoms with Crippen molar-refractivity contribution in [2.45, 2.75) is 17.6 Å². The van der Waals surface area contributed by atoms with E-state index in [4.69, 9.17) is 16.7 Å². The molecule has 1 N–H and O–H groups in total. The molecule has 0 bridgehead atoms. The molecule has 1 aromatic heterocycles. The quantitative estimate of drug-likeness (QED) is 0.870. The van der Waals surface area contributed by atoms with Gasteiger partial charge < -0.3 is 5.11 Å². The van der Waals surface area contributed by atoms with Gasteiger partial charge in [0.05, 0.1) is 4.34 Å². The second-order valence-corrected chi connectivity index (χ2v) is 7.17. The zero-order valence-corrected chi connectivity index (χ0v) is 11.5. The number of carboxylic acids is 1. The van der Waals surface area contributed by atoms with Crippen molar-refractivity contribution in [2.75, 3.05) is 13.1 Å². The van der Waals surface area contributed by atoms with Crippen LogP contribution in [0.4, 0.5) is 0 Å². The highest BCUT2D eigenvalue weighted by Crippen LogP contribution is 2.28. The number of hydrogen-bond donors (Lipinski definition) is 1. The van der Waals surface area contributed by atoms with Crippen molar-refractivity contribution in [3.63, 3.8) is 0 Å². The highest BCUT2D eigenvalue weighted by Gasteiger charge is 2.27. The molecule has 0 saturated heterocycles. The zero-order valence-electron chi connectivity index (χ0n) is 9.09. The van der Waals surface area contributed by atoms with Crippen LogP contribution in [0, 0.1) is 0 Å². The summed E-state index contributed by atoms with van der Waals surface area (Å²) < 4.78 is 25.5. The van der Waals surface area contributed by atoms with E-state index >= 15 is 0 Å². The first-order valence-electron chi connectivity index (χ1n) is 4.85. The Hall–Kier alpha value is -0.630. The van der Waals surface area contributed by atoms with Gasteiger partial charge in [-0.3, -0.25) is 4.79 Å². The van der Waals surface area contributed by atoms with Crippen LogP contribution in [0.3, 0.4) is 0 Å². The van der Waals surface area contributed by atoms with E-state index in [1.54, 1.807) is 6.92 Å². The van der Waals surface area contributed by atoms with E-state index in [-0.39, 0.29) is 10.8 Å². The van der Waals surface area contributed by atoms with Crippen LogP contribution in [0.1, 0.15) is 13.3 Å². The number of halogens is 1. The lowest BCUT2D eigenvalue weighted by atomic mass is 10.5. The predicted molar refractivity (Wildman–Crippen MR) is 66.0 cm³/mol. The van der Waals surface area contributed by atoms with Crippen molar-refractivity contribution in [3.8, 4) is 0 Å². The summed E-state index contributed by atoms with van der Waals surface area (Å²) in [5.74, 6) is -1.18. The number of aliphatic carboxylic acids is 1. The maximum atomic E-state index is 12.1. The summed E-state index contributed by atoms with van der Waals surface area (Å²) in [7, 11) is -3.75. The van der Waals surface area contributed by atoms with E-state index in [2.05, 4.69) is 0 Å². The van der Waals surface area contributed by atoms with Gasteiger partial charge in [0.15, 0.2) is 0 Å². The number of carboxylic acid groups (broad SMARTS) is 1. The molecular formula is C9H12ClNO4S2. The molecule has 0 aliphatic carbocycles. The Bertz CT molecular complexity index is 497. The summed E-state index contributed by atoms with van der Waals surface area (Å²) >= 11 is 6.59. The summed E-state index contributed by atoms with van der Waals surface area (Å²) in [6.45, 7) is 1.42. The van der Waals surface area contributed by atoms with Crippen molar-refractivity contribution >= 4 is 38.9 Å². The van der Waals surface area contributed by atoms with Crippen molar-refractivity contribution in [1.29, 1.82) is 0 Å². The molecule has 0 fully saturated rings. The molecule has 0 saturated carbocycles. The molecule has 0 aromatic carbocycles. The molecule has 0 spiro atoms. The normalized spacial score (nSPS) is 11.9. The van der Waals surface area contributed by atoms with Crippen molar-refractivity contribution < 1.29 is 18.3 Å². The standard InChI is InChI=1S/C9H12ClNO4S2/c1-2-5-11(6-8(12)13)17(14,15)9-4-3-7(10)16-9/h3-4H,2,5-6H2,1H3,(H,12,13). The highest BCUT2D eigenvalue weighted by atomic mass is 35.5. The van der Waals surface area contributed by atoms with Crippen LogP contribution in [0.5, 0.6) is 0 Å². The van der Waals surface area contributed by atoms with E-state index in [1.165, 1.54) is 12.1 Å². The number of carbonyl (C=O) groups is 1. The van der Waals surface area contributed by atoms with Crippen molar-refractivity contribution in [3.05, 3.63) is 16.5 Å². The first kappa shape index (κ1) is 14.4.